The van der Waals surface area contributed by atoms with Gasteiger partial charge in [-0.2, -0.15) is 0 Å². The minimum Gasteiger partial charge on any atom is -0.336 e. The molecule has 7 atom stereocenters. The van der Waals surface area contributed by atoms with Crippen LogP contribution in [0.5, 0.6) is 0 Å². The molecule has 2 saturated heterocycles. The highest BCUT2D eigenvalue weighted by atomic mass is 16.2. The summed E-state index contributed by atoms with van der Waals surface area (Å²) < 4.78 is 0. The van der Waals surface area contributed by atoms with Crippen LogP contribution in [0.25, 0.3) is 0 Å². The quantitative estimate of drug-likeness (QED) is 0.776. The first-order valence-electron chi connectivity index (χ1n) is 9.72. The van der Waals surface area contributed by atoms with Gasteiger partial charge in [-0.05, 0) is 45.1 Å². The van der Waals surface area contributed by atoms with Crippen LogP contribution in [0.4, 0.5) is 0 Å². The molecule has 0 aromatic rings. The van der Waals surface area contributed by atoms with Gasteiger partial charge in [-0.1, -0.05) is 20.8 Å². The Hall–Kier alpha value is -1.43. The van der Waals surface area contributed by atoms with E-state index in [0.717, 1.165) is 19.4 Å². The topological polar surface area (TPSA) is 69.7 Å². The molecule has 3 aliphatic rings. The summed E-state index contributed by atoms with van der Waals surface area (Å²) in [7, 11) is 0. The lowest BCUT2D eigenvalue weighted by atomic mass is 9.98. The van der Waals surface area contributed by atoms with E-state index in [4.69, 9.17) is 0 Å². The number of carbonyl (C=O) groups is 3. The predicted octanol–water partition coefficient (Wildman–Crippen LogP) is 1.25. The molecule has 0 bridgehead atoms. The Balaban J connectivity index is 1.80. The van der Waals surface area contributed by atoms with E-state index in [1.165, 1.54) is 4.90 Å². The van der Waals surface area contributed by atoms with Gasteiger partial charge in [0, 0.05) is 12.5 Å². The third-order valence-electron chi connectivity index (χ3n) is 6.73. The number of hydrogen-bond donors (Lipinski definition) is 1. The molecule has 1 unspecified atom stereocenters. The number of rotatable bonds is 4. The highest BCUT2D eigenvalue weighted by Gasteiger charge is 2.56. The first-order valence-corrected chi connectivity index (χ1v) is 9.72. The second-order valence-electron chi connectivity index (χ2n) is 8.08. The molecule has 140 valence electrons. The number of amides is 3. The summed E-state index contributed by atoms with van der Waals surface area (Å²) in [6, 6.07) is -0.649. The third kappa shape index (κ3) is 2.88. The van der Waals surface area contributed by atoms with Gasteiger partial charge in [0.25, 0.3) is 0 Å². The van der Waals surface area contributed by atoms with Crippen molar-refractivity contribution in [2.24, 2.45) is 23.7 Å². The molecule has 3 amide bonds. The number of carbonyl (C=O) groups excluding carboxylic acids is 3. The molecule has 3 fully saturated rings. The third-order valence-corrected chi connectivity index (χ3v) is 6.73. The van der Waals surface area contributed by atoms with Gasteiger partial charge in [-0.15, -0.1) is 0 Å². The van der Waals surface area contributed by atoms with E-state index < -0.39 is 0 Å². The van der Waals surface area contributed by atoms with Gasteiger partial charge in [-0.3, -0.25) is 19.3 Å². The molecule has 25 heavy (non-hydrogen) atoms. The molecule has 3 rings (SSSR count). The highest BCUT2D eigenvalue weighted by molar-refractivity contribution is 6.01. The first-order chi connectivity index (χ1) is 11.8. The number of imide groups is 1. The maximum atomic E-state index is 12.9. The Labute approximate surface area is 150 Å². The summed E-state index contributed by atoms with van der Waals surface area (Å²) in [4.78, 5) is 41.9. The summed E-state index contributed by atoms with van der Waals surface area (Å²) in [5, 5.41) is 3.25. The zero-order chi connectivity index (χ0) is 18.5. The highest BCUT2D eigenvalue weighted by Crippen LogP contribution is 2.48. The standard InChI is InChI=1S/C19H31N3O3/c1-6-21(18(24)14-8-7-9-20-14)16-12(4)17(23)22(13(16)5)19(25)15-10(2)11(15)3/h10-16,20H,6-9H2,1-5H3/t10-,11+,12-,13-,14-,15?,16+/m0/s1. The fourth-order valence-corrected chi connectivity index (χ4v) is 4.86. The molecule has 0 radical (unpaired) electrons. The molecular formula is C19H31N3O3. The molecule has 0 spiro atoms. The van der Waals surface area contributed by atoms with Crippen LogP contribution in [-0.4, -0.2) is 58.7 Å². The van der Waals surface area contributed by atoms with Gasteiger partial charge in [0.1, 0.15) is 0 Å². The van der Waals surface area contributed by atoms with Gasteiger partial charge in [-0.25, -0.2) is 0 Å². The van der Waals surface area contributed by atoms with Gasteiger partial charge in [0.2, 0.25) is 17.7 Å². The van der Waals surface area contributed by atoms with E-state index >= 15 is 0 Å². The van der Waals surface area contributed by atoms with Crippen LogP contribution in [0.2, 0.25) is 0 Å². The number of nitrogens with one attached hydrogen (secondary N) is 1. The summed E-state index contributed by atoms with van der Waals surface area (Å²) in [6.45, 7) is 11.3. The Bertz CT molecular complexity index is 564. The van der Waals surface area contributed by atoms with Gasteiger partial charge < -0.3 is 10.2 Å². The van der Waals surface area contributed by atoms with E-state index in [0.29, 0.717) is 18.4 Å². The van der Waals surface area contributed by atoms with Gasteiger partial charge in [0.05, 0.1) is 24.0 Å². The second-order valence-corrected chi connectivity index (χ2v) is 8.08. The van der Waals surface area contributed by atoms with Crippen LogP contribution in [0, 0.1) is 23.7 Å². The van der Waals surface area contributed by atoms with Crippen LogP contribution in [0.1, 0.15) is 47.5 Å². The number of likely N-dealkylation sites (tertiary alicyclic amines) is 1. The summed E-state index contributed by atoms with van der Waals surface area (Å²) >= 11 is 0. The summed E-state index contributed by atoms with van der Waals surface area (Å²) in [5.74, 6) is 0.197. The smallest absolute Gasteiger partial charge is 0.240 e. The summed E-state index contributed by atoms with van der Waals surface area (Å²) in [6.07, 6.45) is 1.85. The van der Waals surface area contributed by atoms with E-state index in [1.54, 1.807) is 0 Å². The van der Waals surface area contributed by atoms with Crippen molar-refractivity contribution in [1.29, 1.82) is 0 Å². The van der Waals surface area contributed by atoms with Crippen molar-refractivity contribution < 1.29 is 14.4 Å². The maximum Gasteiger partial charge on any atom is 0.240 e. The van der Waals surface area contributed by atoms with E-state index in [-0.39, 0.29) is 47.7 Å². The fourth-order valence-electron chi connectivity index (χ4n) is 4.86. The molecule has 1 saturated carbocycles. The van der Waals surface area contributed by atoms with Gasteiger partial charge >= 0.3 is 0 Å². The molecule has 0 aromatic heterocycles. The second kappa shape index (κ2) is 6.71. The van der Waals surface area contributed by atoms with Crippen LogP contribution in [0.3, 0.4) is 0 Å². The molecule has 6 heteroatoms. The van der Waals surface area contributed by atoms with Crippen LogP contribution in [-0.2, 0) is 14.4 Å². The fraction of sp³-hybridized carbons (Fsp3) is 0.842. The minimum atomic E-state index is -0.339. The Morgan fingerprint density at radius 1 is 1.20 bits per heavy atom. The van der Waals surface area contributed by atoms with Crippen molar-refractivity contribution >= 4 is 17.7 Å². The average Bonchev–Trinajstić information content (AvgIpc) is 2.97. The lowest BCUT2D eigenvalue weighted by molar-refractivity contribution is -0.146. The Morgan fingerprint density at radius 3 is 2.32 bits per heavy atom. The number of hydrogen-bond acceptors (Lipinski definition) is 4. The molecule has 1 aliphatic carbocycles. The monoisotopic (exact) mass is 349 g/mol. The van der Waals surface area contributed by atoms with E-state index in [9.17, 15) is 14.4 Å². The zero-order valence-electron chi connectivity index (χ0n) is 16.0. The maximum absolute atomic E-state index is 12.9. The van der Waals surface area contributed by atoms with Crippen molar-refractivity contribution in [3.8, 4) is 0 Å². The molecule has 1 N–H and O–H groups in total. The van der Waals surface area contributed by atoms with E-state index in [2.05, 4.69) is 19.2 Å². The predicted molar refractivity (Wildman–Crippen MR) is 94.5 cm³/mol. The number of nitrogens with zero attached hydrogens (tertiary/aromatic N) is 2. The van der Waals surface area contributed by atoms with Crippen LogP contribution in [0.15, 0.2) is 0 Å². The molecule has 0 aromatic carbocycles. The first kappa shape index (κ1) is 18.4. The largest absolute Gasteiger partial charge is 0.336 e. The van der Waals surface area contributed by atoms with Crippen molar-refractivity contribution in [3.63, 3.8) is 0 Å². The molecule has 6 nitrogen and oxygen atoms in total. The Morgan fingerprint density at radius 2 is 1.84 bits per heavy atom. The van der Waals surface area contributed by atoms with E-state index in [1.807, 2.05) is 25.7 Å². The Kier molecular flexibility index (Phi) is 4.93. The van der Waals surface area contributed by atoms with Crippen molar-refractivity contribution in [1.82, 2.24) is 15.1 Å². The molecule has 2 heterocycles. The SMILES string of the molecule is CCN(C(=O)[C@@H]1CCCN1)[C@@H]1[C@H](C)C(=O)N(C(=O)C2[C@@H](C)[C@H]2C)[C@H]1C. The zero-order valence-corrected chi connectivity index (χ0v) is 16.0. The average molecular weight is 349 g/mol. The van der Waals surface area contributed by atoms with Gasteiger partial charge in [0.15, 0.2) is 0 Å². The van der Waals surface area contributed by atoms with Crippen LogP contribution >= 0.6 is 0 Å². The number of likely N-dealkylation sites (N-methyl/N-ethyl adjacent to an activating group) is 1. The summed E-state index contributed by atoms with van der Waals surface area (Å²) in [5.41, 5.74) is 0. The molecule has 2 aliphatic heterocycles. The minimum absolute atomic E-state index is 0.0420. The lowest BCUT2D eigenvalue weighted by Gasteiger charge is -2.35. The van der Waals surface area contributed by atoms with Crippen molar-refractivity contribution in [2.45, 2.75) is 65.6 Å². The van der Waals surface area contributed by atoms with Crippen LogP contribution < -0.4 is 5.32 Å². The molecular weight excluding hydrogens is 318 g/mol. The van der Waals surface area contributed by atoms with Crippen molar-refractivity contribution in [3.05, 3.63) is 0 Å². The normalized spacial score (nSPS) is 40.4. The van der Waals surface area contributed by atoms with Crippen molar-refractivity contribution in [2.75, 3.05) is 13.1 Å². The lowest BCUT2D eigenvalue weighted by Crippen LogP contribution is -2.53.